The standard InChI is InChI=1S/C28H24F2N8O4S/c1-33-21-19(23(39)35(3)27(33)41)37(13-15-5-9-17(29)10-6-15)25(31-21)43-26-32-22-20(24(40)36(4)28(42)34(22)2)38(26)14-16-7-11-18(30)12-8-16/h5-12H,13-14H2,1-4H3. The van der Waals surface area contributed by atoms with Gasteiger partial charge in [0.05, 0.1) is 13.1 Å². The SMILES string of the molecule is Cn1c(=O)c2c(nc(Sc3nc4c(c(=O)n(C)c(=O)n4C)n3Cc3ccc(F)cc3)n2Cc2ccc(F)cc2)n(C)c1=O. The Bertz CT molecular complexity index is 2150. The Morgan fingerprint density at radius 1 is 0.581 bits per heavy atom. The number of aromatic nitrogens is 8. The van der Waals surface area contributed by atoms with Crippen LogP contribution in [0.2, 0.25) is 0 Å². The first-order valence-electron chi connectivity index (χ1n) is 13.0. The lowest BCUT2D eigenvalue weighted by molar-refractivity contribution is 0.625. The summed E-state index contributed by atoms with van der Waals surface area (Å²) in [5.41, 5.74) is -0.424. The average molecular weight is 607 g/mol. The van der Waals surface area contributed by atoms with Crippen molar-refractivity contribution in [1.82, 2.24) is 37.4 Å². The van der Waals surface area contributed by atoms with Crippen molar-refractivity contribution in [3.8, 4) is 0 Å². The van der Waals surface area contributed by atoms with Gasteiger partial charge >= 0.3 is 11.4 Å². The zero-order valence-corrected chi connectivity index (χ0v) is 24.2. The molecule has 15 heteroatoms. The van der Waals surface area contributed by atoms with Gasteiger partial charge in [-0.25, -0.2) is 28.3 Å². The molecule has 0 unspecified atom stereocenters. The van der Waals surface area contributed by atoms with Crippen molar-refractivity contribution in [2.45, 2.75) is 23.4 Å². The molecule has 0 spiro atoms. The number of imidazole rings is 2. The lowest BCUT2D eigenvalue weighted by atomic mass is 10.2. The Morgan fingerprint density at radius 3 is 1.28 bits per heavy atom. The van der Waals surface area contributed by atoms with Crippen LogP contribution in [0.1, 0.15) is 11.1 Å². The molecule has 4 heterocycles. The van der Waals surface area contributed by atoms with E-state index in [0.717, 1.165) is 20.9 Å². The quantitative estimate of drug-likeness (QED) is 0.283. The van der Waals surface area contributed by atoms with Crippen molar-refractivity contribution in [2.75, 3.05) is 0 Å². The highest BCUT2D eigenvalue weighted by atomic mass is 32.2. The molecule has 6 aromatic rings. The van der Waals surface area contributed by atoms with Crippen LogP contribution in [-0.4, -0.2) is 37.4 Å². The molecule has 0 saturated carbocycles. The van der Waals surface area contributed by atoms with E-state index < -0.39 is 34.1 Å². The first kappa shape index (κ1) is 28.1. The monoisotopic (exact) mass is 606 g/mol. The van der Waals surface area contributed by atoms with Crippen molar-refractivity contribution >= 4 is 34.1 Å². The van der Waals surface area contributed by atoms with Crippen LogP contribution in [0.25, 0.3) is 22.3 Å². The molecule has 2 aromatic carbocycles. The third-order valence-electron chi connectivity index (χ3n) is 7.32. The minimum atomic E-state index is -0.573. The van der Waals surface area contributed by atoms with E-state index in [1.165, 1.54) is 61.6 Å². The first-order chi connectivity index (χ1) is 20.5. The van der Waals surface area contributed by atoms with Crippen LogP contribution in [0.5, 0.6) is 0 Å². The second-order valence-corrected chi connectivity index (χ2v) is 11.0. The van der Waals surface area contributed by atoms with E-state index >= 15 is 0 Å². The summed E-state index contributed by atoms with van der Waals surface area (Å²) < 4.78 is 35.0. The summed E-state index contributed by atoms with van der Waals surface area (Å²) in [7, 11) is 5.73. The van der Waals surface area contributed by atoms with Gasteiger partial charge < -0.3 is 9.13 Å². The smallest absolute Gasteiger partial charge is 0.308 e. The topological polar surface area (TPSA) is 124 Å². The first-order valence-corrected chi connectivity index (χ1v) is 13.8. The summed E-state index contributed by atoms with van der Waals surface area (Å²) in [6.07, 6.45) is 0. The molecule has 12 nitrogen and oxygen atoms in total. The maximum atomic E-state index is 13.7. The minimum absolute atomic E-state index is 0.102. The van der Waals surface area contributed by atoms with Crippen molar-refractivity contribution in [2.24, 2.45) is 28.2 Å². The van der Waals surface area contributed by atoms with Gasteiger partial charge in [0, 0.05) is 28.2 Å². The zero-order valence-electron chi connectivity index (χ0n) is 23.4. The third-order valence-corrected chi connectivity index (χ3v) is 8.30. The fourth-order valence-electron chi connectivity index (χ4n) is 4.93. The van der Waals surface area contributed by atoms with Gasteiger partial charge in [0.2, 0.25) is 0 Å². The Kier molecular flexibility index (Phi) is 6.76. The van der Waals surface area contributed by atoms with E-state index in [1.807, 2.05) is 0 Å². The Labute approximate surface area is 244 Å². The van der Waals surface area contributed by atoms with E-state index in [4.69, 9.17) is 0 Å². The van der Waals surface area contributed by atoms with Gasteiger partial charge in [-0.2, -0.15) is 0 Å². The summed E-state index contributed by atoms with van der Waals surface area (Å²) in [6, 6.07) is 11.5. The van der Waals surface area contributed by atoms with E-state index in [9.17, 15) is 28.0 Å². The number of hydrogen-bond donors (Lipinski definition) is 0. The average Bonchev–Trinajstić information content (AvgIpc) is 3.53. The van der Waals surface area contributed by atoms with Crippen LogP contribution in [0.3, 0.4) is 0 Å². The van der Waals surface area contributed by atoms with E-state index in [2.05, 4.69) is 9.97 Å². The van der Waals surface area contributed by atoms with Crippen LogP contribution in [0.4, 0.5) is 8.78 Å². The van der Waals surface area contributed by atoms with E-state index in [1.54, 1.807) is 33.4 Å². The molecule has 0 aliphatic rings. The molecule has 0 aliphatic carbocycles. The molecule has 0 saturated heterocycles. The molecule has 0 N–H and O–H groups in total. The van der Waals surface area contributed by atoms with Gasteiger partial charge in [0.15, 0.2) is 32.6 Å². The number of benzene rings is 2. The highest BCUT2D eigenvalue weighted by Crippen LogP contribution is 2.31. The molecule has 6 rings (SSSR count). The van der Waals surface area contributed by atoms with Crippen molar-refractivity contribution in [1.29, 1.82) is 0 Å². The predicted molar refractivity (Wildman–Crippen MR) is 156 cm³/mol. The molecule has 0 fully saturated rings. The maximum Gasteiger partial charge on any atom is 0.332 e. The third kappa shape index (κ3) is 4.61. The van der Waals surface area contributed by atoms with E-state index in [-0.39, 0.29) is 45.7 Å². The molecule has 0 aliphatic heterocycles. The number of halogens is 2. The molecular weight excluding hydrogens is 582 g/mol. The van der Waals surface area contributed by atoms with Crippen LogP contribution in [-0.2, 0) is 41.3 Å². The molecule has 0 amide bonds. The fraction of sp³-hybridized carbons (Fsp3) is 0.214. The summed E-state index contributed by atoms with van der Waals surface area (Å²) in [4.78, 5) is 61.5. The zero-order chi connectivity index (χ0) is 30.7. The van der Waals surface area contributed by atoms with Crippen molar-refractivity contribution in [3.63, 3.8) is 0 Å². The molecule has 220 valence electrons. The maximum absolute atomic E-state index is 13.7. The second-order valence-electron chi connectivity index (χ2n) is 10.1. The molecule has 0 atom stereocenters. The predicted octanol–water partition coefficient (Wildman–Crippen LogP) is 1.71. The molecule has 43 heavy (non-hydrogen) atoms. The molecular formula is C28H24F2N8O4S. The second kappa shape index (κ2) is 10.3. The van der Waals surface area contributed by atoms with Crippen LogP contribution >= 0.6 is 11.8 Å². The lowest BCUT2D eigenvalue weighted by Crippen LogP contribution is -2.37. The fourth-order valence-corrected chi connectivity index (χ4v) is 5.89. The number of nitrogens with zero attached hydrogens (tertiary/aromatic N) is 8. The number of hydrogen-bond acceptors (Lipinski definition) is 7. The highest BCUT2D eigenvalue weighted by molar-refractivity contribution is 7.99. The summed E-state index contributed by atoms with van der Waals surface area (Å²) >= 11 is 1.02. The number of aryl methyl sites for hydroxylation is 2. The summed E-state index contributed by atoms with van der Waals surface area (Å²) in [6.45, 7) is 0.204. The van der Waals surface area contributed by atoms with Gasteiger partial charge in [0.1, 0.15) is 11.6 Å². The van der Waals surface area contributed by atoms with Gasteiger partial charge in [-0.15, -0.1) is 0 Å². The molecule has 0 radical (unpaired) electrons. The van der Waals surface area contributed by atoms with Crippen molar-refractivity contribution in [3.05, 3.63) is 113 Å². The normalized spacial score (nSPS) is 11.7. The highest BCUT2D eigenvalue weighted by Gasteiger charge is 2.25. The van der Waals surface area contributed by atoms with Crippen LogP contribution < -0.4 is 22.5 Å². The summed E-state index contributed by atoms with van der Waals surface area (Å²) in [5, 5.41) is 0.519. The van der Waals surface area contributed by atoms with Gasteiger partial charge in [-0.1, -0.05) is 24.3 Å². The Hall–Kier alpha value is -5.05. The van der Waals surface area contributed by atoms with Crippen molar-refractivity contribution < 1.29 is 8.78 Å². The van der Waals surface area contributed by atoms with Gasteiger partial charge in [0.25, 0.3) is 11.1 Å². The molecule has 0 bridgehead atoms. The largest absolute Gasteiger partial charge is 0.332 e. The molecule has 4 aromatic heterocycles. The lowest BCUT2D eigenvalue weighted by Gasteiger charge is -2.11. The minimum Gasteiger partial charge on any atom is -0.308 e. The summed E-state index contributed by atoms with van der Waals surface area (Å²) in [5.74, 6) is -0.845. The van der Waals surface area contributed by atoms with Crippen LogP contribution in [0, 0.1) is 11.6 Å². The van der Waals surface area contributed by atoms with Gasteiger partial charge in [-0.05, 0) is 47.2 Å². The number of rotatable bonds is 6. The number of fused-ring (bicyclic) bond motifs is 2. The van der Waals surface area contributed by atoms with E-state index in [0.29, 0.717) is 11.1 Å². The van der Waals surface area contributed by atoms with Crippen LogP contribution in [0.15, 0.2) is 78.0 Å². The van der Waals surface area contributed by atoms with Gasteiger partial charge in [-0.3, -0.25) is 27.9 Å². The Morgan fingerprint density at radius 2 is 0.930 bits per heavy atom. The Balaban J connectivity index is 1.61.